The Morgan fingerprint density at radius 1 is 0.882 bits per heavy atom. The van der Waals surface area contributed by atoms with Crippen molar-refractivity contribution in [2.45, 2.75) is 18.2 Å². The topological polar surface area (TPSA) is 93.2 Å². The number of benzene rings is 3. The molecule has 0 radical (unpaired) electrons. The van der Waals surface area contributed by atoms with Gasteiger partial charge in [0.1, 0.15) is 4.88 Å². The number of rotatable bonds is 8. The zero-order valence-electron chi connectivity index (χ0n) is 18.4. The predicted octanol–water partition coefficient (Wildman–Crippen LogP) is 5.02. The Morgan fingerprint density at radius 2 is 1.50 bits per heavy atom. The van der Waals surface area contributed by atoms with Crippen LogP contribution < -0.4 is 5.32 Å². The quantitative estimate of drug-likeness (QED) is 0.350. The fourth-order valence-corrected chi connectivity index (χ4v) is 5.59. The lowest BCUT2D eigenvalue weighted by Crippen LogP contribution is -2.17. The average Bonchev–Trinajstić information content (AvgIpc) is 3.28. The molecule has 0 aliphatic heterocycles. The molecule has 0 spiro atoms. The number of carbonyl (C=O) groups is 2. The van der Waals surface area contributed by atoms with E-state index < -0.39 is 15.7 Å². The van der Waals surface area contributed by atoms with Gasteiger partial charge in [-0.15, -0.1) is 0 Å². The summed E-state index contributed by atoms with van der Waals surface area (Å²) in [7, 11) is -3.47. The standard InChI is InChI=1S/C26H22N2O4S2/c1-2-34(31,32)21-16-10-9-15-20(21)17-22(29)27-26-28-23(18-11-5-3-6-12-18)25(33-26)24(30)19-13-7-4-8-14-19/h3-16H,2,17H2,1H3,(H,27,28,29). The average molecular weight is 491 g/mol. The normalized spacial score (nSPS) is 11.2. The number of carbonyl (C=O) groups excluding carboxylic acids is 2. The Hall–Kier alpha value is -3.62. The second kappa shape index (κ2) is 10.1. The summed E-state index contributed by atoms with van der Waals surface area (Å²) in [6.45, 7) is 1.57. The zero-order chi connectivity index (χ0) is 24.1. The first-order valence-electron chi connectivity index (χ1n) is 10.7. The smallest absolute Gasteiger partial charge is 0.230 e. The highest BCUT2D eigenvalue weighted by molar-refractivity contribution is 7.91. The van der Waals surface area contributed by atoms with E-state index in [1.165, 1.54) is 6.07 Å². The van der Waals surface area contributed by atoms with Crippen molar-refractivity contribution in [1.82, 2.24) is 4.98 Å². The van der Waals surface area contributed by atoms with Crippen LogP contribution in [0.5, 0.6) is 0 Å². The van der Waals surface area contributed by atoms with E-state index in [0.717, 1.165) is 16.9 Å². The van der Waals surface area contributed by atoms with E-state index in [4.69, 9.17) is 0 Å². The van der Waals surface area contributed by atoms with Crippen LogP contribution in [0.1, 0.15) is 27.7 Å². The van der Waals surface area contributed by atoms with Crippen LogP contribution in [-0.2, 0) is 21.1 Å². The van der Waals surface area contributed by atoms with Gasteiger partial charge in [-0.1, -0.05) is 97.1 Å². The van der Waals surface area contributed by atoms with Crippen molar-refractivity contribution < 1.29 is 18.0 Å². The highest BCUT2D eigenvalue weighted by Crippen LogP contribution is 2.33. The molecular weight excluding hydrogens is 468 g/mol. The number of thiazole rings is 1. The van der Waals surface area contributed by atoms with Gasteiger partial charge in [0.05, 0.1) is 22.8 Å². The molecule has 0 aliphatic rings. The number of hydrogen-bond donors (Lipinski definition) is 1. The molecule has 0 aliphatic carbocycles. The van der Waals surface area contributed by atoms with E-state index in [-0.39, 0.29) is 28.0 Å². The van der Waals surface area contributed by atoms with Crippen molar-refractivity contribution in [3.05, 3.63) is 101 Å². The number of nitrogens with one attached hydrogen (secondary N) is 1. The van der Waals surface area contributed by atoms with Crippen molar-refractivity contribution >= 4 is 38.0 Å². The molecular formula is C26H22N2O4S2. The number of amides is 1. The Labute approximate surface area is 202 Å². The highest BCUT2D eigenvalue weighted by atomic mass is 32.2. The van der Waals surface area contributed by atoms with Gasteiger partial charge in [0.15, 0.2) is 15.0 Å². The van der Waals surface area contributed by atoms with Gasteiger partial charge in [-0.05, 0) is 11.6 Å². The van der Waals surface area contributed by atoms with E-state index in [1.807, 2.05) is 36.4 Å². The Balaban J connectivity index is 1.64. The van der Waals surface area contributed by atoms with Gasteiger partial charge in [0, 0.05) is 11.1 Å². The number of nitrogens with zero attached hydrogens (tertiary/aromatic N) is 1. The summed E-state index contributed by atoms with van der Waals surface area (Å²) in [6, 6.07) is 24.7. The fourth-order valence-electron chi connectivity index (χ4n) is 3.49. The molecule has 8 heteroatoms. The van der Waals surface area contributed by atoms with Crippen LogP contribution in [0.2, 0.25) is 0 Å². The van der Waals surface area contributed by atoms with E-state index in [2.05, 4.69) is 10.3 Å². The summed E-state index contributed by atoms with van der Waals surface area (Å²) >= 11 is 1.10. The summed E-state index contributed by atoms with van der Waals surface area (Å²) in [5.41, 5.74) is 2.20. The van der Waals surface area contributed by atoms with Crippen molar-refractivity contribution in [3.8, 4) is 11.3 Å². The van der Waals surface area contributed by atoms with Gasteiger partial charge >= 0.3 is 0 Å². The molecule has 0 atom stereocenters. The number of sulfone groups is 1. The molecule has 0 fully saturated rings. The highest BCUT2D eigenvalue weighted by Gasteiger charge is 2.23. The summed E-state index contributed by atoms with van der Waals surface area (Å²) in [4.78, 5) is 31.1. The second-order valence-electron chi connectivity index (χ2n) is 7.49. The molecule has 0 saturated carbocycles. The van der Waals surface area contributed by atoms with Crippen LogP contribution in [0, 0.1) is 0 Å². The Morgan fingerprint density at radius 3 is 2.18 bits per heavy atom. The number of hydrogen-bond acceptors (Lipinski definition) is 6. The predicted molar refractivity (Wildman–Crippen MR) is 134 cm³/mol. The zero-order valence-corrected chi connectivity index (χ0v) is 20.0. The fraction of sp³-hybridized carbons (Fsp3) is 0.115. The third kappa shape index (κ3) is 5.13. The van der Waals surface area contributed by atoms with E-state index in [9.17, 15) is 18.0 Å². The van der Waals surface area contributed by atoms with Gasteiger partial charge in [0.25, 0.3) is 0 Å². The molecule has 1 aromatic heterocycles. The SMILES string of the molecule is CCS(=O)(=O)c1ccccc1CC(=O)Nc1nc(-c2ccccc2)c(C(=O)c2ccccc2)s1. The molecule has 4 rings (SSSR count). The maximum absolute atomic E-state index is 13.2. The molecule has 4 aromatic rings. The van der Waals surface area contributed by atoms with E-state index >= 15 is 0 Å². The molecule has 1 amide bonds. The lowest BCUT2D eigenvalue weighted by Gasteiger charge is -2.08. The first kappa shape index (κ1) is 23.5. The number of anilines is 1. The molecule has 0 saturated heterocycles. The van der Waals surface area contributed by atoms with E-state index in [1.54, 1.807) is 49.4 Å². The molecule has 1 heterocycles. The van der Waals surface area contributed by atoms with Gasteiger partial charge in [0.2, 0.25) is 11.7 Å². The monoisotopic (exact) mass is 490 g/mol. The molecule has 1 N–H and O–H groups in total. The van der Waals surface area contributed by atoms with Gasteiger partial charge in [-0.2, -0.15) is 0 Å². The molecule has 6 nitrogen and oxygen atoms in total. The van der Waals surface area contributed by atoms with Gasteiger partial charge in [-0.25, -0.2) is 13.4 Å². The van der Waals surface area contributed by atoms with Crippen molar-refractivity contribution in [1.29, 1.82) is 0 Å². The molecule has 0 unspecified atom stereocenters. The maximum Gasteiger partial charge on any atom is 0.230 e. The van der Waals surface area contributed by atoms with Crippen molar-refractivity contribution in [2.75, 3.05) is 11.1 Å². The summed E-state index contributed by atoms with van der Waals surface area (Å²) in [5.74, 6) is -0.647. The van der Waals surface area contributed by atoms with Crippen LogP contribution in [0.3, 0.4) is 0 Å². The summed E-state index contributed by atoms with van der Waals surface area (Å²) < 4.78 is 24.8. The lowest BCUT2D eigenvalue weighted by molar-refractivity contribution is -0.115. The van der Waals surface area contributed by atoms with Gasteiger partial charge in [-0.3, -0.25) is 9.59 Å². The van der Waals surface area contributed by atoms with Crippen molar-refractivity contribution in [3.63, 3.8) is 0 Å². The van der Waals surface area contributed by atoms with Crippen LogP contribution >= 0.6 is 11.3 Å². The van der Waals surface area contributed by atoms with Crippen LogP contribution in [0.25, 0.3) is 11.3 Å². The van der Waals surface area contributed by atoms with E-state index in [0.29, 0.717) is 21.7 Å². The van der Waals surface area contributed by atoms with Crippen molar-refractivity contribution in [2.24, 2.45) is 0 Å². The number of aromatic nitrogens is 1. The largest absolute Gasteiger partial charge is 0.302 e. The Kier molecular flexibility index (Phi) is 7.00. The molecule has 34 heavy (non-hydrogen) atoms. The maximum atomic E-state index is 13.2. The molecule has 172 valence electrons. The summed E-state index contributed by atoms with van der Waals surface area (Å²) in [5, 5.41) is 3.02. The van der Waals surface area contributed by atoms with Crippen LogP contribution in [0.15, 0.2) is 89.8 Å². The minimum atomic E-state index is -3.47. The second-order valence-corrected chi connectivity index (χ2v) is 10.7. The van der Waals surface area contributed by atoms with Crippen LogP contribution in [-0.4, -0.2) is 30.8 Å². The third-order valence-electron chi connectivity index (χ3n) is 5.20. The molecule has 3 aromatic carbocycles. The first-order valence-corrected chi connectivity index (χ1v) is 13.1. The summed E-state index contributed by atoms with van der Waals surface area (Å²) in [6.07, 6.45) is -0.127. The Bertz CT molecular complexity index is 1430. The van der Waals surface area contributed by atoms with Crippen LogP contribution in [0.4, 0.5) is 5.13 Å². The number of ketones is 1. The third-order valence-corrected chi connectivity index (χ3v) is 8.00. The minimum absolute atomic E-state index is 0.0521. The lowest BCUT2D eigenvalue weighted by atomic mass is 10.1. The molecule has 0 bridgehead atoms. The van der Waals surface area contributed by atoms with Gasteiger partial charge < -0.3 is 5.32 Å². The minimum Gasteiger partial charge on any atom is -0.302 e. The first-order chi connectivity index (χ1) is 16.4.